The zero-order valence-electron chi connectivity index (χ0n) is 10.5. The second-order valence-corrected chi connectivity index (χ2v) is 3.77. The van der Waals surface area contributed by atoms with E-state index in [0.29, 0.717) is 6.07 Å². The van der Waals surface area contributed by atoms with Crippen molar-refractivity contribution in [2.75, 3.05) is 6.61 Å². The first-order chi connectivity index (χ1) is 9.35. The van der Waals surface area contributed by atoms with Crippen molar-refractivity contribution in [3.8, 4) is 6.07 Å². The van der Waals surface area contributed by atoms with Gasteiger partial charge >= 0.3 is 12.1 Å². The Morgan fingerprint density at radius 3 is 2.55 bits per heavy atom. The van der Waals surface area contributed by atoms with Crippen LogP contribution in [0.15, 0.2) is 12.1 Å². The maximum absolute atomic E-state index is 12.7. The smallest absolute Gasteiger partial charge is 0.417 e. The largest absolute Gasteiger partial charge is 0.466 e. The molecule has 0 N–H and O–H groups in total. The molecular formula is C13H10F3NO3. The molecule has 0 heterocycles. The van der Waals surface area contributed by atoms with E-state index in [1.54, 1.807) is 6.92 Å². The molecule has 0 atom stereocenters. The number of carbonyl (C=O) groups excluding carboxylic acids is 2. The fourth-order valence-electron chi connectivity index (χ4n) is 1.68. The highest BCUT2D eigenvalue weighted by atomic mass is 19.4. The van der Waals surface area contributed by atoms with E-state index in [2.05, 4.69) is 4.74 Å². The average molecular weight is 285 g/mol. The molecule has 0 unspecified atom stereocenters. The Hall–Kier alpha value is -2.36. The van der Waals surface area contributed by atoms with E-state index < -0.39 is 28.8 Å². The van der Waals surface area contributed by atoms with Crippen LogP contribution in [0.1, 0.15) is 34.0 Å². The van der Waals surface area contributed by atoms with Gasteiger partial charge in [-0.2, -0.15) is 18.4 Å². The molecule has 4 nitrogen and oxygen atoms in total. The minimum Gasteiger partial charge on any atom is -0.466 e. The van der Waals surface area contributed by atoms with Gasteiger partial charge in [0.05, 0.1) is 24.2 Å². The zero-order chi connectivity index (χ0) is 15.3. The van der Waals surface area contributed by atoms with E-state index in [-0.39, 0.29) is 24.9 Å². The minimum atomic E-state index is -4.74. The number of aldehydes is 1. The molecule has 1 aromatic carbocycles. The van der Waals surface area contributed by atoms with Crippen LogP contribution in [-0.4, -0.2) is 18.9 Å². The molecule has 0 aliphatic heterocycles. The van der Waals surface area contributed by atoms with E-state index >= 15 is 0 Å². The van der Waals surface area contributed by atoms with Crippen molar-refractivity contribution >= 4 is 12.3 Å². The van der Waals surface area contributed by atoms with Crippen molar-refractivity contribution in [1.29, 1.82) is 5.26 Å². The van der Waals surface area contributed by atoms with Crippen LogP contribution in [0.5, 0.6) is 0 Å². The first kappa shape index (κ1) is 15.7. The van der Waals surface area contributed by atoms with Gasteiger partial charge in [-0.15, -0.1) is 0 Å². The Labute approximate surface area is 112 Å². The maximum atomic E-state index is 12.7. The van der Waals surface area contributed by atoms with Crippen molar-refractivity contribution in [2.45, 2.75) is 19.5 Å². The van der Waals surface area contributed by atoms with Crippen molar-refractivity contribution in [3.05, 3.63) is 34.4 Å². The number of hydrogen-bond acceptors (Lipinski definition) is 4. The van der Waals surface area contributed by atoms with Crippen LogP contribution in [0.25, 0.3) is 0 Å². The van der Waals surface area contributed by atoms with Gasteiger partial charge in [-0.3, -0.25) is 9.59 Å². The fraction of sp³-hybridized carbons (Fsp3) is 0.308. The summed E-state index contributed by atoms with van der Waals surface area (Å²) in [5.41, 5.74) is -2.39. The molecule has 0 aromatic heterocycles. The number of nitrogens with zero attached hydrogens (tertiary/aromatic N) is 1. The number of benzene rings is 1. The second-order valence-electron chi connectivity index (χ2n) is 3.77. The van der Waals surface area contributed by atoms with Crippen LogP contribution in [-0.2, 0) is 22.1 Å². The molecule has 0 aliphatic rings. The molecular weight excluding hydrogens is 275 g/mol. The lowest BCUT2D eigenvalue weighted by atomic mass is 9.95. The van der Waals surface area contributed by atoms with Gasteiger partial charge in [-0.05, 0) is 18.6 Å². The van der Waals surface area contributed by atoms with Crippen LogP contribution in [0.2, 0.25) is 0 Å². The number of halogens is 3. The van der Waals surface area contributed by atoms with Crippen molar-refractivity contribution < 1.29 is 27.5 Å². The number of alkyl halides is 3. The van der Waals surface area contributed by atoms with Gasteiger partial charge in [-0.25, -0.2) is 0 Å². The number of hydrogen-bond donors (Lipinski definition) is 0. The molecule has 20 heavy (non-hydrogen) atoms. The monoisotopic (exact) mass is 285 g/mol. The standard InChI is InChI=1S/C13H10F3NO3/c1-2-20-12(19)5-8-3-4-11(13(14,15)16)9(6-17)10(8)7-18/h3-4,7H,2,5H2,1H3. The Bertz CT molecular complexity index is 573. The van der Waals surface area contributed by atoms with Crippen LogP contribution >= 0.6 is 0 Å². The first-order valence-electron chi connectivity index (χ1n) is 5.59. The number of esters is 1. The summed E-state index contributed by atoms with van der Waals surface area (Å²) in [5.74, 6) is -0.681. The van der Waals surface area contributed by atoms with E-state index in [1.807, 2.05) is 0 Å². The Kier molecular flexibility index (Phi) is 4.86. The summed E-state index contributed by atoms with van der Waals surface area (Å²) < 4.78 is 42.8. The maximum Gasteiger partial charge on any atom is 0.417 e. The molecule has 1 rings (SSSR count). The number of carbonyl (C=O) groups is 2. The molecule has 0 saturated heterocycles. The van der Waals surface area contributed by atoms with E-state index in [4.69, 9.17) is 5.26 Å². The summed E-state index contributed by atoms with van der Waals surface area (Å²) >= 11 is 0. The summed E-state index contributed by atoms with van der Waals surface area (Å²) in [4.78, 5) is 22.3. The third kappa shape index (κ3) is 3.35. The van der Waals surface area contributed by atoms with E-state index in [0.717, 1.165) is 6.07 Å². The molecule has 106 valence electrons. The number of ether oxygens (including phenoxy) is 1. The van der Waals surface area contributed by atoms with Gasteiger partial charge in [0.2, 0.25) is 0 Å². The van der Waals surface area contributed by atoms with Crippen LogP contribution in [0.4, 0.5) is 13.2 Å². The second kappa shape index (κ2) is 6.19. The van der Waals surface area contributed by atoms with Gasteiger partial charge in [0, 0.05) is 5.56 Å². The topological polar surface area (TPSA) is 67.2 Å². The van der Waals surface area contributed by atoms with Crippen molar-refractivity contribution in [2.24, 2.45) is 0 Å². The summed E-state index contributed by atoms with van der Waals surface area (Å²) in [7, 11) is 0. The number of rotatable bonds is 4. The Morgan fingerprint density at radius 2 is 2.10 bits per heavy atom. The summed E-state index contributed by atoms with van der Waals surface area (Å²) in [5, 5.41) is 8.83. The molecule has 0 saturated carbocycles. The van der Waals surface area contributed by atoms with Crippen LogP contribution < -0.4 is 0 Å². The van der Waals surface area contributed by atoms with E-state index in [1.165, 1.54) is 6.07 Å². The minimum absolute atomic E-state index is 0.0306. The Morgan fingerprint density at radius 1 is 1.45 bits per heavy atom. The first-order valence-corrected chi connectivity index (χ1v) is 5.59. The third-order valence-corrected chi connectivity index (χ3v) is 2.51. The molecule has 0 fully saturated rings. The van der Waals surface area contributed by atoms with Crippen molar-refractivity contribution in [1.82, 2.24) is 0 Å². The van der Waals surface area contributed by atoms with Gasteiger partial charge < -0.3 is 4.74 Å². The molecule has 1 aromatic rings. The third-order valence-electron chi connectivity index (χ3n) is 2.51. The predicted octanol–water partition coefficient (Wildman–Crippen LogP) is 2.50. The van der Waals surface area contributed by atoms with Gasteiger partial charge in [0.15, 0.2) is 6.29 Å². The molecule has 0 radical (unpaired) electrons. The highest BCUT2D eigenvalue weighted by molar-refractivity contribution is 5.85. The van der Waals surface area contributed by atoms with Gasteiger partial charge in [0.1, 0.15) is 6.07 Å². The fourth-order valence-corrected chi connectivity index (χ4v) is 1.68. The summed E-state index contributed by atoms with van der Waals surface area (Å²) in [6, 6.07) is 3.05. The highest BCUT2D eigenvalue weighted by Crippen LogP contribution is 2.33. The van der Waals surface area contributed by atoms with Crippen molar-refractivity contribution in [3.63, 3.8) is 0 Å². The van der Waals surface area contributed by atoms with Crippen LogP contribution in [0, 0.1) is 11.3 Å². The SMILES string of the molecule is CCOC(=O)Cc1ccc(C(F)(F)F)c(C#N)c1C=O. The quantitative estimate of drug-likeness (QED) is 0.629. The van der Waals surface area contributed by atoms with E-state index in [9.17, 15) is 22.8 Å². The predicted molar refractivity (Wildman–Crippen MR) is 61.9 cm³/mol. The summed E-state index contributed by atoms with van der Waals surface area (Å²) in [6.45, 7) is 1.69. The van der Waals surface area contributed by atoms with Gasteiger partial charge in [0.25, 0.3) is 0 Å². The molecule has 0 aliphatic carbocycles. The molecule has 0 spiro atoms. The molecule has 0 amide bonds. The molecule has 0 bridgehead atoms. The average Bonchev–Trinajstić information content (AvgIpc) is 2.36. The lowest BCUT2D eigenvalue weighted by Gasteiger charge is -2.13. The number of nitriles is 1. The van der Waals surface area contributed by atoms with Gasteiger partial charge in [-0.1, -0.05) is 6.07 Å². The highest BCUT2D eigenvalue weighted by Gasteiger charge is 2.35. The lowest BCUT2D eigenvalue weighted by molar-refractivity contribution is -0.142. The normalized spacial score (nSPS) is 10.8. The Balaban J connectivity index is 3.34. The lowest BCUT2D eigenvalue weighted by Crippen LogP contribution is -2.14. The summed E-state index contributed by atoms with van der Waals surface area (Å²) in [6.07, 6.45) is -4.97. The van der Waals surface area contributed by atoms with Crippen LogP contribution in [0.3, 0.4) is 0 Å². The zero-order valence-corrected chi connectivity index (χ0v) is 10.5. The molecule has 7 heteroatoms.